The van der Waals surface area contributed by atoms with Gasteiger partial charge in [0.2, 0.25) is 0 Å². The number of fused-ring (bicyclic) bond motifs is 1. The van der Waals surface area contributed by atoms with Crippen molar-refractivity contribution in [1.29, 1.82) is 0 Å². The standard InChI is InChI=1S/C19H22N4O6/c1-19(2,3)29-18(26)22-9-7-21(8-10-22)17(25)16(24)13-11-20-15-12(13)5-4-6-14(15)23(27)28/h4-6,11,20H,7-10H2,1-3H3. The van der Waals surface area contributed by atoms with Gasteiger partial charge in [-0.2, -0.15) is 0 Å². The molecule has 3 rings (SSSR count). The molecule has 1 saturated heterocycles. The van der Waals surface area contributed by atoms with Crippen LogP contribution in [0.2, 0.25) is 0 Å². The Morgan fingerprint density at radius 1 is 1.10 bits per heavy atom. The highest BCUT2D eigenvalue weighted by Gasteiger charge is 2.31. The second-order valence-corrected chi connectivity index (χ2v) is 7.75. The molecule has 1 aromatic carbocycles. The number of carbonyl (C=O) groups is 3. The number of aromatic nitrogens is 1. The summed E-state index contributed by atoms with van der Waals surface area (Å²) in [5.41, 5.74) is -0.496. The number of benzene rings is 1. The average Bonchev–Trinajstić information content (AvgIpc) is 3.09. The Hall–Kier alpha value is -3.43. The molecule has 0 spiro atoms. The van der Waals surface area contributed by atoms with E-state index in [0.29, 0.717) is 5.39 Å². The fraction of sp³-hybridized carbons (Fsp3) is 0.421. The molecule has 2 heterocycles. The Morgan fingerprint density at radius 2 is 1.72 bits per heavy atom. The number of amides is 2. The second kappa shape index (κ2) is 7.53. The fourth-order valence-electron chi connectivity index (χ4n) is 3.16. The zero-order valence-corrected chi connectivity index (χ0v) is 16.4. The maximum Gasteiger partial charge on any atom is 0.410 e. The third kappa shape index (κ3) is 4.20. The summed E-state index contributed by atoms with van der Waals surface area (Å²) in [5.74, 6) is -1.45. The van der Waals surface area contributed by atoms with E-state index in [1.54, 1.807) is 26.8 Å². The van der Waals surface area contributed by atoms with Crippen molar-refractivity contribution in [3.05, 3.63) is 40.1 Å². The molecule has 0 unspecified atom stereocenters. The fourth-order valence-corrected chi connectivity index (χ4v) is 3.16. The highest BCUT2D eigenvalue weighted by atomic mass is 16.6. The van der Waals surface area contributed by atoms with Crippen molar-refractivity contribution in [2.75, 3.05) is 26.2 Å². The molecule has 1 aliphatic rings. The maximum absolute atomic E-state index is 12.7. The first-order valence-electron chi connectivity index (χ1n) is 9.14. The third-order valence-corrected chi connectivity index (χ3v) is 4.55. The summed E-state index contributed by atoms with van der Waals surface area (Å²) in [4.78, 5) is 53.7. The number of nitrogens with zero attached hydrogens (tertiary/aromatic N) is 3. The van der Waals surface area contributed by atoms with Crippen molar-refractivity contribution in [2.45, 2.75) is 26.4 Å². The molecule has 0 aliphatic carbocycles. The van der Waals surface area contributed by atoms with Crippen molar-refractivity contribution < 1.29 is 24.0 Å². The number of non-ortho nitro benzene ring substituents is 1. The number of nitro benzene ring substituents is 1. The van der Waals surface area contributed by atoms with E-state index in [0.717, 1.165) is 0 Å². The van der Waals surface area contributed by atoms with Crippen molar-refractivity contribution >= 4 is 34.4 Å². The van der Waals surface area contributed by atoms with Gasteiger partial charge in [0.25, 0.3) is 17.4 Å². The van der Waals surface area contributed by atoms with E-state index in [1.165, 1.54) is 28.1 Å². The van der Waals surface area contributed by atoms with Gasteiger partial charge in [-0.1, -0.05) is 12.1 Å². The molecule has 10 nitrogen and oxygen atoms in total. The molecule has 2 amide bonds. The van der Waals surface area contributed by atoms with Gasteiger partial charge in [-0.3, -0.25) is 19.7 Å². The van der Waals surface area contributed by atoms with Crippen molar-refractivity contribution in [1.82, 2.24) is 14.8 Å². The van der Waals surface area contributed by atoms with E-state index in [-0.39, 0.29) is 42.9 Å². The third-order valence-electron chi connectivity index (χ3n) is 4.55. The summed E-state index contributed by atoms with van der Waals surface area (Å²) >= 11 is 0. The van der Waals surface area contributed by atoms with Gasteiger partial charge in [0.15, 0.2) is 0 Å². The lowest BCUT2D eigenvalue weighted by molar-refractivity contribution is -0.383. The normalized spacial score (nSPS) is 14.7. The molecule has 0 bridgehead atoms. The number of ketones is 1. The molecule has 1 fully saturated rings. The van der Waals surface area contributed by atoms with E-state index < -0.39 is 28.3 Å². The van der Waals surface area contributed by atoms with Crippen LogP contribution < -0.4 is 0 Å². The van der Waals surface area contributed by atoms with Crippen LogP contribution in [0.1, 0.15) is 31.1 Å². The minimum Gasteiger partial charge on any atom is -0.444 e. The molecule has 29 heavy (non-hydrogen) atoms. The zero-order valence-electron chi connectivity index (χ0n) is 16.4. The van der Waals surface area contributed by atoms with Crippen LogP contribution in [-0.4, -0.2) is 69.3 Å². The topological polar surface area (TPSA) is 126 Å². The Morgan fingerprint density at radius 3 is 2.31 bits per heavy atom. The molecular formula is C19H22N4O6. The molecule has 1 aromatic heterocycles. The quantitative estimate of drug-likeness (QED) is 0.363. The summed E-state index contributed by atoms with van der Waals surface area (Å²) in [6, 6.07) is 4.35. The predicted molar refractivity (Wildman–Crippen MR) is 104 cm³/mol. The van der Waals surface area contributed by atoms with Crippen LogP contribution in [0.25, 0.3) is 10.9 Å². The number of hydrogen-bond donors (Lipinski definition) is 1. The van der Waals surface area contributed by atoms with E-state index in [2.05, 4.69) is 4.98 Å². The number of rotatable bonds is 3. The van der Waals surface area contributed by atoms with E-state index >= 15 is 0 Å². The van der Waals surface area contributed by atoms with Crippen LogP contribution in [0.5, 0.6) is 0 Å². The van der Waals surface area contributed by atoms with Crippen molar-refractivity contribution in [2.24, 2.45) is 0 Å². The number of Topliss-reactive ketones (excluding diaryl/α,β-unsaturated/α-hetero) is 1. The molecule has 0 saturated carbocycles. The van der Waals surface area contributed by atoms with Crippen molar-refractivity contribution in [3.8, 4) is 0 Å². The van der Waals surface area contributed by atoms with Crippen LogP contribution >= 0.6 is 0 Å². The Balaban J connectivity index is 1.70. The lowest BCUT2D eigenvalue weighted by Crippen LogP contribution is -2.53. The van der Waals surface area contributed by atoms with Gasteiger partial charge >= 0.3 is 6.09 Å². The van der Waals surface area contributed by atoms with Gasteiger partial charge in [0.1, 0.15) is 11.1 Å². The molecule has 1 N–H and O–H groups in total. The van der Waals surface area contributed by atoms with Gasteiger partial charge in [-0.05, 0) is 20.8 Å². The van der Waals surface area contributed by atoms with Gasteiger partial charge in [0.05, 0.1) is 10.5 Å². The number of para-hydroxylation sites is 1. The number of ether oxygens (including phenoxy) is 1. The van der Waals surface area contributed by atoms with Crippen LogP contribution in [0.4, 0.5) is 10.5 Å². The first-order valence-corrected chi connectivity index (χ1v) is 9.14. The summed E-state index contributed by atoms with van der Waals surface area (Å²) in [6.07, 6.45) is 0.856. The summed E-state index contributed by atoms with van der Waals surface area (Å²) < 4.78 is 5.32. The SMILES string of the molecule is CC(C)(C)OC(=O)N1CCN(C(=O)C(=O)c2c[nH]c3c([N+](=O)[O-])cccc23)CC1. The van der Waals surface area contributed by atoms with E-state index in [9.17, 15) is 24.5 Å². The number of aromatic amines is 1. The monoisotopic (exact) mass is 402 g/mol. The van der Waals surface area contributed by atoms with Crippen LogP contribution in [0, 0.1) is 10.1 Å². The Labute approximate surface area is 166 Å². The van der Waals surface area contributed by atoms with Gasteiger partial charge in [0, 0.05) is 43.8 Å². The zero-order chi connectivity index (χ0) is 21.3. The lowest BCUT2D eigenvalue weighted by Gasteiger charge is -2.35. The van der Waals surface area contributed by atoms with E-state index in [4.69, 9.17) is 4.74 Å². The highest BCUT2D eigenvalue weighted by molar-refractivity contribution is 6.45. The smallest absolute Gasteiger partial charge is 0.410 e. The minimum absolute atomic E-state index is 0.0864. The molecule has 1 aliphatic heterocycles. The number of nitrogens with one attached hydrogen (secondary N) is 1. The number of H-pyrrole nitrogens is 1. The number of piperazine rings is 1. The highest BCUT2D eigenvalue weighted by Crippen LogP contribution is 2.27. The predicted octanol–water partition coefficient (Wildman–Crippen LogP) is 2.34. The number of hydrogen-bond acceptors (Lipinski definition) is 6. The first kappa shape index (κ1) is 20.3. The number of carbonyl (C=O) groups excluding carboxylic acids is 3. The lowest BCUT2D eigenvalue weighted by atomic mass is 10.1. The first-order chi connectivity index (χ1) is 13.6. The van der Waals surface area contributed by atoms with Gasteiger partial charge in [-0.15, -0.1) is 0 Å². The van der Waals surface area contributed by atoms with Gasteiger partial charge < -0.3 is 19.5 Å². The maximum atomic E-state index is 12.7. The molecule has 10 heteroatoms. The van der Waals surface area contributed by atoms with Crippen molar-refractivity contribution in [3.63, 3.8) is 0 Å². The van der Waals surface area contributed by atoms with E-state index in [1.807, 2.05) is 0 Å². The minimum atomic E-state index is -0.748. The average molecular weight is 402 g/mol. The molecule has 0 radical (unpaired) electrons. The largest absolute Gasteiger partial charge is 0.444 e. The van der Waals surface area contributed by atoms with Crippen LogP contribution in [-0.2, 0) is 9.53 Å². The summed E-state index contributed by atoms with van der Waals surface area (Å²) in [6.45, 7) is 6.23. The molecule has 0 atom stereocenters. The molecule has 154 valence electrons. The summed E-state index contributed by atoms with van der Waals surface area (Å²) in [7, 11) is 0. The molecular weight excluding hydrogens is 380 g/mol. The van der Waals surface area contributed by atoms with Crippen LogP contribution in [0.15, 0.2) is 24.4 Å². The van der Waals surface area contributed by atoms with Gasteiger partial charge in [-0.25, -0.2) is 4.79 Å². The van der Waals surface area contributed by atoms with Crippen LogP contribution in [0.3, 0.4) is 0 Å². The Bertz CT molecular complexity index is 982. The number of nitro groups is 1. The summed E-state index contributed by atoms with van der Waals surface area (Å²) in [5, 5.41) is 11.5. The molecule has 2 aromatic rings. The second-order valence-electron chi connectivity index (χ2n) is 7.75. The Kier molecular flexibility index (Phi) is 5.27.